The van der Waals surface area contributed by atoms with Crippen molar-refractivity contribution in [2.45, 2.75) is 44.9 Å². The van der Waals surface area contributed by atoms with Crippen LogP contribution in [0.15, 0.2) is 54.6 Å². The molecule has 10 heteroatoms. The molecule has 2 aromatic rings. The van der Waals surface area contributed by atoms with E-state index < -0.39 is 48.0 Å². The van der Waals surface area contributed by atoms with Crippen molar-refractivity contribution in [1.29, 1.82) is 0 Å². The van der Waals surface area contributed by atoms with Crippen LogP contribution in [0.3, 0.4) is 0 Å². The first-order chi connectivity index (χ1) is 16.1. The molecule has 2 unspecified atom stereocenters. The lowest BCUT2D eigenvalue weighted by Gasteiger charge is -2.33. The van der Waals surface area contributed by atoms with Crippen LogP contribution in [0.5, 0.6) is 0 Å². The summed E-state index contributed by atoms with van der Waals surface area (Å²) in [5.41, 5.74) is -1.06. The van der Waals surface area contributed by atoms with Crippen molar-refractivity contribution >= 4 is 46.5 Å². The molecule has 4 atom stereocenters. The number of hydrogen-bond acceptors (Lipinski definition) is 9. The molecule has 0 aliphatic carbocycles. The van der Waals surface area contributed by atoms with Gasteiger partial charge in [-0.25, -0.2) is 9.59 Å². The Hall–Kier alpha value is -2.99. The third kappa shape index (κ3) is 5.92. The van der Waals surface area contributed by atoms with Gasteiger partial charge in [-0.15, -0.1) is 0 Å². The summed E-state index contributed by atoms with van der Waals surface area (Å²) in [6, 6.07) is 15.0. The van der Waals surface area contributed by atoms with Crippen molar-refractivity contribution < 1.29 is 42.9 Å². The summed E-state index contributed by atoms with van der Waals surface area (Å²) in [5, 5.41) is 0. The van der Waals surface area contributed by atoms with Crippen molar-refractivity contribution in [2.24, 2.45) is 0 Å². The average molecular weight is 582 g/mol. The second-order valence-electron chi connectivity index (χ2n) is 7.65. The second-order valence-corrected chi connectivity index (χ2v) is 8.81. The Labute approximate surface area is 209 Å². The summed E-state index contributed by atoms with van der Waals surface area (Å²) in [7, 11) is 0. The molecule has 1 fully saturated rings. The maximum atomic E-state index is 12.9. The van der Waals surface area contributed by atoms with Crippen molar-refractivity contribution in [2.75, 3.05) is 6.61 Å². The molecule has 1 saturated heterocycles. The molecule has 1 heterocycles. The van der Waals surface area contributed by atoms with Gasteiger partial charge in [0.1, 0.15) is 12.7 Å². The van der Waals surface area contributed by atoms with Gasteiger partial charge in [0.2, 0.25) is 12.4 Å². The van der Waals surface area contributed by atoms with E-state index in [2.05, 4.69) is 0 Å². The van der Waals surface area contributed by atoms with Crippen molar-refractivity contribution in [3.63, 3.8) is 0 Å². The summed E-state index contributed by atoms with van der Waals surface area (Å²) in [5.74, 6) is -2.74. The van der Waals surface area contributed by atoms with E-state index in [9.17, 15) is 19.2 Å². The molecule has 0 amide bonds. The van der Waals surface area contributed by atoms with E-state index in [0.717, 1.165) is 13.8 Å². The zero-order valence-electron chi connectivity index (χ0n) is 18.7. The van der Waals surface area contributed by atoms with Crippen LogP contribution in [0.1, 0.15) is 41.5 Å². The Morgan fingerprint density at radius 3 is 2.15 bits per heavy atom. The molecule has 0 aromatic heterocycles. The SMILES string of the molecule is CC(=O)OC1[C@@H](OC(C)=O)O[C@@H](COC(=O)c2ccccc2I)C1(C)OC(=O)c1ccccc1. The lowest BCUT2D eigenvalue weighted by atomic mass is 9.94. The van der Waals surface area contributed by atoms with Gasteiger partial charge in [0.15, 0.2) is 5.60 Å². The number of carbonyl (C=O) groups excluding carboxylic acids is 4. The highest BCUT2D eigenvalue weighted by atomic mass is 127. The van der Waals surface area contributed by atoms with Crippen molar-refractivity contribution in [3.8, 4) is 0 Å². The van der Waals surface area contributed by atoms with Gasteiger partial charge in [0, 0.05) is 17.4 Å². The van der Waals surface area contributed by atoms with Gasteiger partial charge < -0.3 is 23.7 Å². The van der Waals surface area contributed by atoms with Crippen LogP contribution < -0.4 is 0 Å². The summed E-state index contributed by atoms with van der Waals surface area (Å²) in [6.07, 6.45) is -3.79. The number of carbonyl (C=O) groups is 4. The minimum absolute atomic E-state index is 0.246. The van der Waals surface area contributed by atoms with Crippen LogP contribution in [0.25, 0.3) is 0 Å². The lowest BCUT2D eigenvalue weighted by molar-refractivity contribution is -0.197. The van der Waals surface area contributed by atoms with E-state index in [1.807, 2.05) is 22.6 Å². The van der Waals surface area contributed by atoms with Gasteiger partial charge in [-0.2, -0.15) is 0 Å². The Kier molecular flexibility index (Phi) is 8.26. The van der Waals surface area contributed by atoms with Crippen molar-refractivity contribution in [3.05, 3.63) is 69.3 Å². The van der Waals surface area contributed by atoms with E-state index in [-0.39, 0.29) is 12.2 Å². The van der Waals surface area contributed by atoms with Crippen LogP contribution in [-0.2, 0) is 33.3 Å². The molecular formula is C24H23IO9. The molecule has 0 bridgehead atoms. The Morgan fingerprint density at radius 2 is 1.53 bits per heavy atom. The van der Waals surface area contributed by atoms with E-state index in [1.165, 1.54) is 6.92 Å². The number of hydrogen-bond donors (Lipinski definition) is 0. The Morgan fingerprint density at radius 1 is 0.912 bits per heavy atom. The van der Waals surface area contributed by atoms with E-state index in [4.69, 9.17) is 23.7 Å². The molecule has 1 aliphatic heterocycles. The summed E-state index contributed by atoms with van der Waals surface area (Å²) < 4.78 is 28.2. The molecule has 9 nitrogen and oxygen atoms in total. The largest absolute Gasteiger partial charge is 0.459 e. The van der Waals surface area contributed by atoms with E-state index in [1.54, 1.807) is 54.6 Å². The number of benzene rings is 2. The monoisotopic (exact) mass is 582 g/mol. The number of halogens is 1. The first kappa shape index (κ1) is 25.6. The molecule has 0 radical (unpaired) electrons. The quantitative estimate of drug-likeness (QED) is 0.276. The molecule has 180 valence electrons. The van der Waals surface area contributed by atoms with Gasteiger partial charge in [-0.3, -0.25) is 9.59 Å². The van der Waals surface area contributed by atoms with Gasteiger partial charge >= 0.3 is 23.9 Å². The second kappa shape index (κ2) is 11.0. The smallest absolute Gasteiger partial charge is 0.339 e. The lowest BCUT2D eigenvalue weighted by Crippen LogP contribution is -2.52. The summed E-state index contributed by atoms with van der Waals surface area (Å²) >= 11 is 2.01. The standard InChI is InChI=1S/C24H23IO9/c1-14(26)31-20-23(32-15(2)27)33-19(13-30-22(29)17-11-7-8-12-18(17)25)24(20,3)34-21(28)16-9-5-4-6-10-16/h4-12,19-20,23H,13H2,1-3H3/t19-,20?,23-,24?/m0/s1. The predicted molar refractivity (Wildman–Crippen MR) is 126 cm³/mol. The topological polar surface area (TPSA) is 114 Å². The molecule has 34 heavy (non-hydrogen) atoms. The Balaban J connectivity index is 1.89. The minimum atomic E-state index is -1.65. The fraction of sp³-hybridized carbons (Fsp3) is 0.333. The number of rotatable bonds is 7. The van der Waals surface area contributed by atoms with Crippen LogP contribution in [0, 0.1) is 3.57 Å². The highest BCUT2D eigenvalue weighted by molar-refractivity contribution is 14.1. The van der Waals surface area contributed by atoms with Crippen LogP contribution in [-0.4, -0.2) is 54.6 Å². The van der Waals surface area contributed by atoms with Crippen molar-refractivity contribution in [1.82, 2.24) is 0 Å². The molecule has 2 aromatic carbocycles. The fourth-order valence-corrected chi connectivity index (χ4v) is 4.05. The zero-order chi connectivity index (χ0) is 24.9. The zero-order valence-corrected chi connectivity index (χ0v) is 20.8. The molecular weight excluding hydrogens is 559 g/mol. The van der Waals surface area contributed by atoms with Gasteiger partial charge in [-0.1, -0.05) is 30.3 Å². The average Bonchev–Trinajstić information content (AvgIpc) is 3.02. The first-order valence-corrected chi connectivity index (χ1v) is 11.4. The van der Waals surface area contributed by atoms with Crippen LogP contribution in [0.4, 0.5) is 0 Å². The minimum Gasteiger partial charge on any atom is -0.459 e. The van der Waals surface area contributed by atoms with E-state index >= 15 is 0 Å². The highest BCUT2D eigenvalue weighted by Crippen LogP contribution is 2.38. The molecule has 3 rings (SSSR count). The first-order valence-electron chi connectivity index (χ1n) is 10.3. The number of ether oxygens (including phenoxy) is 5. The predicted octanol–water partition coefficient (Wildman–Crippen LogP) is 3.28. The number of esters is 4. The fourth-order valence-electron chi connectivity index (χ4n) is 3.44. The molecule has 0 spiro atoms. The highest BCUT2D eigenvalue weighted by Gasteiger charge is 2.61. The Bertz CT molecular complexity index is 1070. The van der Waals surface area contributed by atoms with Gasteiger partial charge in [0.05, 0.1) is 11.1 Å². The maximum absolute atomic E-state index is 12.9. The molecule has 0 saturated carbocycles. The van der Waals surface area contributed by atoms with Crippen LogP contribution >= 0.6 is 22.6 Å². The third-order valence-corrected chi connectivity index (χ3v) is 6.05. The summed E-state index contributed by atoms with van der Waals surface area (Å²) in [4.78, 5) is 49.0. The third-order valence-electron chi connectivity index (χ3n) is 5.11. The van der Waals surface area contributed by atoms with E-state index in [0.29, 0.717) is 9.13 Å². The summed E-state index contributed by atoms with van der Waals surface area (Å²) in [6.45, 7) is 3.43. The maximum Gasteiger partial charge on any atom is 0.339 e. The van der Waals surface area contributed by atoms with Gasteiger partial charge in [0.25, 0.3) is 0 Å². The normalized spacial score (nSPS) is 23.6. The van der Waals surface area contributed by atoms with Gasteiger partial charge in [-0.05, 0) is 53.8 Å². The molecule has 0 N–H and O–H groups in total. The van der Waals surface area contributed by atoms with Crippen LogP contribution in [0.2, 0.25) is 0 Å². The molecule has 1 aliphatic rings.